The largest absolute Gasteiger partial charge is 0.414 e. The number of nitrogens with zero attached hydrogens (tertiary/aromatic N) is 1. The summed E-state index contributed by atoms with van der Waals surface area (Å²) in [6.45, 7) is 30.9. The first-order chi connectivity index (χ1) is 12.2. The van der Waals surface area contributed by atoms with Crippen molar-refractivity contribution < 1.29 is 13.1 Å². The molecular formula is C21H47NO3SSi2. The SMILES string of the molecule is CCC(=N[S@@](=O)C(C)(C)C)[C@@H](CO[Si](C)(C)C(C)(C)C)O[Si](C)(C)C(C)(C)C. The van der Waals surface area contributed by atoms with E-state index in [1.807, 2.05) is 20.8 Å². The molecule has 2 atom stereocenters. The molecule has 0 aliphatic heterocycles. The van der Waals surface area contributed by atoms with Gasteiger partial charge in [0.15, 0.2) is 16.6 Å². The molecule has 4 nitrogen and oxygen atoms in total. The summed E-state index contributed by atoms with van der Waals surface area (Å²) in [4.78, 5) is 0. The van der Waals surface area contributed by atoms with Crippen molar-refractivity contribution in [3.63, 3.8) is 0 Å². The van der Waals surface area contributed by atoms with Crippen molar-refractivity contribution in [3.8, 4) is 0 Å². The highest BCUT2D eigenvalue weighted by atomic mass is 32.2. The summed E-state index contributed by atoms with van der Waals surface area (Å²) in [6, 6.07) is 0. The van der Waals surface area contributed by atoms with Gasteiger partial charge in [0.05, 0.1) is 17.1 Å². The first-order valence-corrected chi connectivity index (χ1v) is 17.4. The first kappa shape index (κ1) is 28.2. The van der Waals surface area contributed by atoms with E-state index in [4.69, 9.17) is 8.85 Å². The van der Waals surface area contributed by atoms with Crippen molar-refractivity contribution >= 4 is 33.3 Å². The van der Waals surface area contributed by atoms with E-state index in [-0.39, 0.29) is 20.9 Å². The topological polar surface area (TPSA) is 47.9 Å². The van der Waals surface area contributed by atoms with Gasteiger partial charge < -0.3 is 8.85 Å². The van der Waals surface area contributed by atoms with Crippen LogP contribution in [0.5, 0.6) is 0 Å². The predicted molar refractivity (Wildman–Crippen MR) is 131 cm³/mol. The molecule has 0 radical (unpaired) electrons. The third kappa shape index (κ3) is 8.13. The van der Waals surface area contributed by atoms with Crippen LogP contribution in [0.15, 0.2) is 4.40 Å². The Morgan fingerprint density at radius 2 is 1.32 bits per heavy atom. The molecule has 0 fully saturated rings. The van der Waals surface area contributed by atoms with Gasteiger partial charge >= 0.3 is 0 Å². The van der Waals surface area contributed by atoms with Crippen LogP contribution in [0.4, 0.5) is 0 Å². The summed E-state index contributed by atoms with van der Waals surface area (Å²) in [6.07, 6.45) is 0.466. The van der Waals surface area contributed by atoms with E-state index >= 15 is 0 Å². The van der Waals surface area contributed by atoms with Crippen molar-refractivity contribution in [2.24, 2.45) is 4.40 Å². The van der Waals surface area contributed by atoms with Crippen molar-refractivity contribution in [1.29, 1.82) is 0 Å². The summed E-state index contributed by atoms with van der Waals surface area (Å²) in [5.74, 6) is 0. The highest BCUT2D eigenvalue weighted by Gasteiger charge is 2.42. The number of hydrogen-bond acceptors (Lipinski definition) is 3. The lowest BCUT2D eigenvalue weighted by Crippen LogP contribution is -2.50. The Bertz CT molecular complexity index is 568. The minimum atomic E-state index is -2.03. The first-order valence-electron chi connectivity index (χ1n) is 10.5. The average molecular weight is 450 g/mol. The maximum Gasteiger partial charge on any atom is 0.193 e. The lowest BCUT2D eigenvalue weighted by Gasteiger charge is -2.41. The van der Waals surface area contributed by atoms with Crippen molar-refractivity contribution in [3.05, 3.63) is 0 Å². The van der Waals surface area contributed by atoms with Gasteiger partial charge in [-0.3, -0.25) is 0 Å². The fraction of sp³-hybridized carbons (Fsp3) is 0.952. The lowest BCUT2D eigenvalue weighted by molar-refractivity contribution is 0.152. The van der Waals surface area contributed by atoms with Gasteiger partial charge in [-0.25, -0.2) is 4.21 Å². The maximum absolute atomic E-state index is 12.7. The zero-order valence-corrected chi connectivity index (χ0v) is 23.9. The second-order valence-corrected chi connectivity index (χ2v) is 23.2. The number of hydrogen-bond donors (Lipinski definition) is 0. The van der Waals surface area contributed by atoms with Crippen LogP contribution in [-0.2, 0) is 19.8 Å². The molecule has 0 saturated carbocycles. The standard InChI is InChI=1S/C21H47NO3SSi2/c1-15-17(22-26(23)19(2,3)4)18(25-28(13,14)21(8,9)10)16-24-27(11,12)20(5,6)7/h18H,15-16H2,1-14H3/t18-,26+/m1/s1. The zero-order chi connectivity index (χ0) is 22.8. The minimum Gasteiger partial charge on any atom is -0.414 e. The fourth-order valence-corrected chi connectivity index (χ4v) is 4.83. The zero-order valence-electron chi connectivity index (χ0n) is 21.1. The van der Waals surface area contributed by atoms with E-state index in [0.717, 1.165) is 5.71 Å². The van der Waals surface area contributed by atoms with Gasteiger partial charge in [-0.2, -0.15) is 4.40 Å². The average Bonchev–Trinajstić information content (AvgIpc) is 2.45. The molecule has 0 aromatic carbocycles. The van der Waals surface area contributed by atoms with E-state index in [1.165, 1.54) is 0 Å². The molecule has 0 saturated heterocycles. The monoisotopic (exact) mass is 449 g/mol. The normalized spacial score (nSPS) is 17.6. The molecule has 0 aliphatic rings. The number of rotatable bonds is 8. The van der Waals surface area contributed by atoms with Crippen LogP contribution in [0.1, 0.15) is 75.7 Å². The smallest absolute Gasteiger partial charge is 0.193 e. The summed E-state index contributed by atoms with van der Waals surface area (Å²) < 4.78 is 30.2. The van der Waals surface area contributed by atoms with Gasteiger partial charge in [0.2, 0.25) is 0 Å². The maximum atomic E-state index is 12.7. The summed E-state index contributed by atoms with van der Waals surface area (Å²) in [7, 11) is -5.25. The Hall–Kier alpha value is 0.174. The quantitative estimate of drug-likeness (QED) is 0.305. The molecule has 0 unspecified atom stereocenters. The Kier molecular flexibility index (Phi) is 9.60. The fourth-order valence-electron chi connectivity index (χ4n) is 1.83. The summed E-state index contributed by atoms with van der Waals surface area (Å²) in [5, 5.41) is 0.219. The van der Waals surface area contributed by atoms with Crippen molar-refractivity contribution in [2.75, 3.05) is 6.61 Å². The van der Waals surface area contributed by atoms with Gasteiger partial charge in [0.1, 0.15) is 17.1 Å². The molecule has 0 bridgehead atoms. The lowest BCUT2D eigenvalue weighted by atomic mass is 10.2. The Morgan fingerprint density at radius 1 is 0.893 bits per heavy atom. The molecule has 0 N–H and O–H groups in total. The van der Waals surface area contributed by atoms with E-state index in [9.17, 15) is 4.21 Å². The summed E-state index contributed by atoms with van der Waals surface area (Å²) >= 11 is 0. The molecule has 168 valence electrons. The highest BCUT2D eigenvalue weighted by molar-refractivity contribution is 7.85. The van der Waals surface area contributed by atoms with E-state index < -0.39 is 27.6 Å². The van der Waals surface area contributed by atoms with Crippen molar-refractivity contribution in [2.45, 2.75) is 123 Å². The van der Waals surface area contributed by atoms with E-state index in [1.54, 1.807) is 0 Å². The molecule has 0 aliphatic carbocycles. The predicted octanol–water partition coefficient (Wildman–Crippen LogP) is 6.71. The molecule has 7 heteroatoms. The molecule has 0 heterocycles. The van der Waals surface area contributed by atoms with Crippen LogP contribution in [-0.4, -0.2) is 44.0 Å². The van der Waals surface area contributed by atoms with Crippen LogP contribution in [0.2, 0.25) is 36.3 Å². The summed E-state index contributed by atoms with van der Waals surface area (Å²) in [5.41, 5.74) is 0.858. The Balaban J connectivity index is 5.91. The molecule has 28 heavy (non-hydrogen) atoms. The molecule has 0 aromatic rings. The molecule has 0 spiro atoms. The van der Waals surface area contributed by atoms with E-state index in [2.05, 4.69) is 79.1 Å². The van der Waals surface area contributed by atoms with E-state index in [0.29, 0.717) is 13.0 Å². The third-order valence-electron chi connectivity index (χ3n) is 6.10. The van der Waals surface area contributed by atoms with Gasteiger partial charge in [0.25, 0.3) is 0 Å². The van der Waals surface area contributed by atoms with Crippen molar-refractivity contribution in [1.82, 2.24) is 0 Å². The van der Waals surface area contributed by atoms with Gasteiger partial charge in [-0.1, -0.05) is 48.5 Å². The molecule has 0 aromatic heterocycles. The van der Waals surface area contributed by atoms with Gasteiger partial charge in [-0.05, 0) is 63.5 Å². The molecule has 0 amide bonds. The van der Waals surface area contributed by atoms with Crippen LogP contribution < -0.4 is 0 Å². The highest BCUT2D eigenvalue weighted by Crippen LogP contribution is 2.39. The Morgan fingerprint density at radius 3 is 1.64 bits per heavy atom. The van der Waals surface area contributed by atoms with Gasteiger partial charge in [0, 0.05) is 0 Å². The second-order valence-electron chi connectivity index (χ2n) is 11.7. The molecule has 0 rings (SSSR count). The third-order valence-corrected chi connectivity index (χ3v) is 16.5. The molecular weight excluding hydrogens is 402 g/mol. The van der Waals surface area contributed by atoms with Crippen LogP contribution in [0, 0.1) is 0 Å². The Labute approximate surface area is 180 Å². The van der Waals surface area contributed by atoms with Crippen LogP contribution in [0.25, 0.3) is 0 Å². The second kappa shape index (κ2) is 9.54. The van der Waals surface area contributed by atoms with Gasteiger partial charge in [-0.15, -0.1) is 0 Å². The van der Waals surface area contributed by atoms with Crippen LogP contribution in [0.3, 0.4) is 0 Å². The van der Waals surface area contributed by atoms with Crippen LogP contribution >= 0.6 is 0 Å². The minimum absolute atomic E-state index is 0.0876.